The summed E-state index contributed by atoms with van der Waals surface area (Å²) >= 11 is 0. The van der Waals surface area contributed by atoms with E-state index in [0.29, 0.717) is 12.0 Å². The van der Waals surface area contributed by atoms with Crippen LogP contribution in [-0.4, -0.2) is 40.5 Å². The minimum Gasteiger partial charge on any atom is -0.495 e. The molecule has 0 bridgehead atoms. The molecule has 1 heterocycles. The van der Waals surface area contributed by atoms with Gasteiger partial charge in [0.15, 0.2) is 14.7 Å². The van der Waals surface area contributed by atoms with Gasteiger partial charge in [-0.25, -0.2) is 13.8 Å². The van der Waals surface area contributed by atoms with E-state index in [1.54, 1.807) is 24.3 Å². The monoisotopic (exact) mass is 352 g/mol. The second-order valence-corrected chi connectivity index (χ2v) is 7.49. The highest BCUT2D eigenvalue weighted by atomic mass is 32.2. The molecule has 1 amide bonds. The van der Waals surface area contributed by atoms with Crippen LogP contribution in [0.2, 0.25) is 0 Å². The minimum atomic E-state index is -3.50. The summed E-state index contributed by atoms with van der Waals surface area (Å²) in [5, 5.41) is 4.02. The Morgan fingerprint density at radius 1 is 1.21 bits per heavy atom. The van der Waals surface area contributed by atoms with E-state index in [0.717, 1.165) is 12.0 Å². The molecule has 1 N–H and O–H groups in total. The quantitative estimate of drug-likeness (QED) is 0.869. The molecule has 2 rings (SSSR count). The maximum absolute atomic E-state index is 11.9. The van der Waals surface area contributed by atoms with Crippen LogP contribution in [-0.2, 0) is 14.6 Å². The predicted molar refractivity (Wildman–Crippen MR) is 91.0 cm³/mol. The second-order valence-electron chi connectivity index (χ2n) is 5.54. The van der Waals surface area contributed by atoms with Gasteiger partial charge in [-0.1, -0.05) is 13.0 Å². The van der Waals surface area contributed by atoms with Crippen molar-refractivity contribution in [1.29, 1.82) is 0 Å². The van der Waals surface area contributed by atoms with Gasteiger partial charge in [0.05, 0.1) is 19.9 Å². The number of ether oxygens (including phenoxy) is 2. The number of allylic oxidation sites excluding steroid dienone is 1. The van der Waals surface area contributed by atoms with Crippen molar-refractivity contribution in [2.24, 2.45) is 11.0 Å². The van der Waals surface area contributed by atoms with Crippen LogP contribution in [0.4, 0.5) is 0 Å². The van der Waals surface area contributed by atoms with Crippen LogP contribution in [0.5, 0.6) is 11.5 Å². The van der Waals surface area contributed by atoms with Crippen molar-refractivity contribution < 1.29 is 22.7 Å². The number of sulfone groups is 1. The first-order chi connectivity index (χ1) is 11.3. The number of benzene rings is 1. The number of rotatable bonds is 5. The van der Waals surface area contributed by atoms with Gasteiger partial charge in [0.2, 0.25) is 5.91 Å². The first kappa shape index (κ1) is 18.0. The van der Waals surface area contributed by atoms with Crippen LogP contribution in [0.25, 0.3) is 6.08 Å². The largest absolute Gasteiger partial charge is 0.495 e. The summed E-state index contributed by atoms with van der Waals surface area (Å²) in [7, 11) is -0.696. The molecule has 1 unspecified atom stereocenters. The number of hydrazone groups is 1. The normalized spacial score (nSPS) is 18.2. The van der Waals surface area contributed by atoms with Crippen molar-refractivity contribution in [3.05, 3.63) is 23.8 Å². The van der Waals surface area contributed by atoms with E-state index >= 15 is 0 Å². The number of nitrogens with zero attached hydrogens (tertiary/aromatic N) is 1. The molecule has 8 heteroatoms. The molecule has 0 radical (unpaired) electrons. The van der Waals surface area contributed by atoms with Crippen LogP contribution < -0.4 is 14.9 Å². The molecular formula is C16H20N2O5S. The maximum Gasteiger partial charge on any atom is 0.240 e. The van der Waals surface area contributed by atoms with Gasteiger partial charge < -0.3 is 9.47 Å². The molecule has 1 aromatic rings. The Morgan fingerprint density at radius 3 is 2.25 bits per heavy atom. The van der Waals surface area contributed by atoms with Crippen molar-refractivity contribution in [3.8, 4) is 11.5 Å². The van der Waals surface area contributed by atoms with Gasteiger partial charge in [0, 0.05) is 18.6 Å². The van der Waals surface area contributed by atoms with E-state index in [2.05, 4.69) is 10.5 Å². The van der Waals surface area contributed by atoms with Gasteiger partial charge in [-0.2, -0.15) is 5.10 Å². The Hall–Kier alpha value is -2.35. The lowest BCUT2D eigenvalue weighted by Gasteiger charge is -2.16. The lowest BCUT2D eigenvalue weighted by molar-refractivity contribution is -0.121. The van der Waals surface area contributed by atoms with Crippen LogP contribution in [0.1, 0.15) is 18.9 Å². The molecule has 0 aliphatic carbocycles. The average molecular weight is 352 g/mol. The van der Waals surface area contributed by atoms with Crippen LogP contribution >= 0.6 is 0 Å². The first-order valence-electron chi connectivity index (χ1n) is 7.26. The van der Waals surface area contributed by atoms with E-state index in [-0.39, 0.29) is 28.2 Å². The fraction of sp³-hybridized carbons (Fsp3) is 0.375. The zero-order valence-corrected chi connectivity index (χ0v) is 14.8. The SMILES string of the molecule is COc1cc(C=CC2=NNC(=O)CC2C)cc(OC)c1S(C)(=O)=O. The van der Waals surface area contributed by atoms with Crippen LogP contribution in [0.3, 0.4) is 0 Å². The molecule has 1 aliphatic rings. The summed E-state index contributed by atoms with van der Waals surface area (Å²) in [6.45, 7) is 1.91. The van der Waals surface area contributed by atoms with Crippen molar-refractivity contribution in [2.45, 2.75) is 18.2 Å². The Labute approximate surface area is 141 Å². The summed E-state index contributed by atoms with van der Waals surface area (Å²) < 4.78 is 34.3. The number of hydrogen-bond acceptors (Lipinski definition) is 6. The van der Waals surface area contributed by atoms with Crippen molar-refractivity contribution >= 4 is 27.5 Å². The molecule has 0 saturated heterocycles. The first-order valence-corrected chi connectivity index (χ1v) is 9.16. The van der Waals surface area contributed by atoms with Gasteiger partial charge in [-0.15, -0.1) is 0 Å². The number of hydrogen-bond donors (Lipinski definition) is 1. The smallest absolute Gasteiger partial charge is 0.240 e. The number of carbonyl (C=O) groups is 1. The second kappa shape index (κ2) is 7.04. The molecule has 0 fully saturated rings. The summed E-state index contributed by atoms with van der Waals surface area (Å²) in [4.78, 5) is 11.3. The van der Waals surface area contributed by atoms with Gasteiger partial charge in [-0.05, 0) is 23.8 Å². The number of carbonyl (C=O) groups excluding carboxylic acids is 1. The molecule has 0 aromatic heterocycles. The molecule has 24 heavy (non-hydrogen) atoms. The highest BCUT2D eigenvalue weighted by molar-refractivity contribution is 7.91. The minimum absolute atomic E-state index is 0.00841. The van der Waals surface area contributed by atoms with Crippen molar-refractivity contribution in [3.63, 3.8) is 0 Å². The van der Waals surface area contributed by atoms with Crippen LogP contribution in [0.15, 0.2) is 28.2 Å². The summed E-state index contributed by atoms with van der Waals surface area (Å²) in [6.07, 6.45) is 5.02. The van der Waals surface area contributed by atoms with Gasteiger partial charge in [0.25, 0.3) is 0 Å². The molecule has 0 spiro atoms. The van der Waals surface area contributed by atoms with Gasteiger partial charge in [0.1, 0.15) is 11.5 Å². The van der Waals surface area contributed by atoms with E-state index in [1.165, 1.54) is 14.2 Å². The molecular weight excluding hydrogens is 332 g/mol. The third-order valence-electron chi connectivity index (χ3n) is 3.61. The van der Waals surface area contributed by atoms with Crippen molar-refractivity contribution in [2.75, 3.05) is 20.5 Å². The number of methoxy groups -OCH3 is 2. The highest BCUT2D eigenvalue weighted by Gasteiger charge is 2.22. The Morgan fingerprint density at radius 2 is 1.79 bits per heavy atom. The zero-order valence-electron chi connectivity index (χ0n) is 14.0. The Kier molecular flexibility index (Phi) is 5.28. The van der Waals surface area contributed by atoms with Gasteiger partial charge >= 0.3 is 0 Å². The lowest BCUT2D eigenvalue weighted by Crippen LogP contribution is -2.30. The molecule has 1 aromatic carbocycles. The molecule has 0 saturated carbocycles. The fourth-order valence-electron chi connectivity index (χ4n) is 2.41. The molecule has 130 valence electrons. The maximum atomic E-state index is 11.9. The molecule has 7 nitrogen and oxygen atoms in total. The van der Waals surface area contributed by atoms with Gasteiger partial charge in [-0.3, -0.25) is 4.79 Å². The van der Waals surface area contributed by atoms with Crippen LogP contribution in [0, 0.1) is 5.92 Å². The third-order valence-corrected chi connectivity index (χ3v) is 4.75. The zero-order chi connectivity index (χ0) is 17.9. The molecule has 1 aliphatic heterocycles. The summed E-state index contributed by atoms with van der Waals surface area (Å²) in [5.74, 6) is 0.321. The third kappa shape index (κ3) is 3.94. The average Bonchev–Trinajstić information content (AvgIpc) is 2.51. The standard InChI is InChI=1S/C16H20N2O5S/c1-10-7-15(19)18-17-12(10)6-5-11-8-13(22-2)16(24(4,20)21)14(9-11)23-3/h5-6,8-10H,7H2,1-4H3,(H,18,19). The lowest BCUT2D eigenvalue weighted by atomic mass is 9.99. The Bertz CT molecular complexity index is 787. The van der Waals surface area contributed by atoms with E-state index < -0.39 is 9.84 Å². The molecule has 1 atom stereocenters. The number of nitrogens with one attached hydrogen (secondary N) is 1. The van der Waals surface area contributed by atoms with E-state index in [4.69, 9.17) is 9.47 Å². The number of amides is 1. The highest BCUT2D eigenvalue weighted by Crippen LogP contribution is 2.35. The fourth-order valence-corrected chi connectivity index (χ4v) is 3.43. The van der Waals surface area contributed by atoms with Crippen molar-refractivity contribution in [1.82, 2.24) is 5.43 Å². The topological polar surface area (TPSA) is 94.1 Å². The van der Waals surface area contributed by atoms with E-state index in [9.17, 15) is 13.2 Å². The predicted octanol–water partition coefficient (Wildman–Crippen LogP) is 1.63. The summed E-state index contributed by atoms with van der Waals surface area (Å²) in [6, 6.07) is 3.23. The summed E-state index contributed by atoms with van der Waals surface area (Å²) in [5.41, 5.74) is 3.87. The Balaban J connectivity index is 2.42. The van der Waals surface area contributed by atoms with E-state index in [1.807, 2.05) is 6.92 Å².